The van der Waals surface area contributed by atoms with Crippen LogP contribution < -0.4 is 29.7 Å². The van der Waals surface area contributed by atoms with Crippen LogP contribution in [-0.4, -0.2) is 118 Å². The Labute approximate surface area is 454 Å². The van der Waals surface area contributed by atoms with Crippen molar-refractivity contribution in [2.75, 3.05) is 100 Å². The molecule has 398 valence electrons. The molecule has 0 spiro atoms. The van der Waals surface area contributed by atoms with Gasteiger partial charge in [-0.3, -0.25) is 38.4 Å². The lowest BCUT2D eigenvalue weighted by atomic mass is 10.0. The molecule has 18 heteroatoms. The van der Waals surface area contributed by atoms with E-state index in [0.29, 0.717) is 76.7 Å². The molecule has 1 aromatic heterocycles. The molecule has 0 atom stereocenters. The van der Waals surface area contributed by atoms with E-state index in [1.165, 1.54) is 10.6 Å². The van der Waals surface area contributed by atoms with Gasteiger partial charge in [-0.05, 0) is 118 Å². The van der Waals surface area contributed by atoms with Gasteiger partial charge in [0.1, 0.15) is 11.5 Å². The minimum atomic E-state index is -0.312. The van der Waals surface area contributed by atoms with E-state index in [4.69, 9.17) is 65.4 Å². The monoisotopic (exact) mass is 1090 g/mol. The molecule has 0 N–H and O–H groups in total. The second-order valence-electron chi connectivity index (χ2n) is 18.6. The molecular formula is C56H68Cl4N6O8. The Morgan fingerprint density at radius 1 is 0.554 bits per heavy atom. The second kappa shape index (κ2) is 28.6. The molecule has 4 aromatic carbocycles. The fraction of sp³-hybridized carbons (Fsp3) is 0.464. The number of halogens is 4. The number of hydrogen-bond acceptors (Lipinski definition) is 12. The van der Waals surface area contributed by atoms with E-state index in [-0.39, 0.29) is 36.9 Å². The SMILES string of the molecule is CCCC(=O)OCN1C(=O)CCc2ccc(OCCCCN3CCN(c4cccc(Cl)c4Cl)CC3)cc21.CCCC(=O)OCn1c(=O)ccc2ccc(OCCCCN3CCN(c4cccc(Cl)c4Cl)CC3)cc21. The van der Waals surface area contributed by atoms with Gasteiger partial charge in [0.25, 0.3) is 5.56 Å². The van der Waals surface area contributed by atoms with Gasteiger partial charge in [0.15, 0.2) is 13.5 Å². The standard InChI is InChI=1S/C28H35Cl2N3O4.C28H33Cl2N3O4/c2*1-2-6-27(35)37-20-33-25-19-22(11-9-21(25)10-12-26(33)34)36-18-4-3-13-31-14-16-32(17-15-31)24-8-5-7-23(29)28(24)30/h5,7-9,11,19H,2-4,6,10,12-18,20H2,1H3;5,7-12,19H,2-4,6,13-18,20H2,1H3. The first kappa shape index (κ1) is 56.5. The molecule has 0 unspecified atom stereocenters. The summed E-state index contributed by atoms with van der Waals surface area (Å²) in [6, 6.07) is 26.3. The zero-order valence-electron chi connectivity index (χ0n) is 42.5. The van der Waals surface area contributed by atoms with Crippen LogP contribution in [0.25, 0.3) is 10.9 Å². The van der Waals surface area contributed by atoms with Crippen molar-refractivity contribution in [3.8, 4) is 11.5 Å². The van der Waals surface area contributed by atoms with Crippen molar-refractivity contribution >= 4 is 92.2 Å². The Kier molecular flexibility index (Phi) is 21.8. The van der Waals surface area contributed by atoms with E-state index in [1.54, 1.807) is 11.0 Å². The predicted molar refractivity (Wildman–Crippen MR) is 297 cm³/mol. The largest absolute Gasteiger partial charge is 0.494 e. The summed E-state index contributed by atoms with van der Waals surface area (Å²) in [5, 5.41) is 3.32. The Hall–Kier alpha value is -5.22. The fourth-order valence-corrected chi connectivity index (χ4v) is 10.0. The first-order chi connectivity index (χ1) is 35.9. The van der Waals surface area contributed by atoms with Crippen LogP contribution in [0.3, 0.4) is 0 Å². The molecule has 0 bridgehead atoms. The second-order valence-corrected chi connectivity index (χ2v) is 20.2. The summed E-state index contributed by atoms with van der Waals surface area (Å²) in [7, 11) is 0. The fourth-order valence-electron chi connectivity index (χ4n) is 9.22. The lowest BCUT2D eigenvalue weighted by Crippen LogP contribution is -2.46. The number of carbonyl (C=O) groups excluding carboxylic acids is 3. The quantitative estimate of drug-likeness (QED) is 0.0484. The molecule has 3 aliphatic heterocycles. The van der Waals surface area contributed by atoms with Gasteiger partial charge in [0.05, 0.1) is 55.9 Å². The molecule has 0 aliphatic carbocycles. The maximum absolute atomic E-state index is 12.5. The number of piperazine rings is 2. The Morgan fingerprint density at radius 3 is 1.62 bits per heavy atom. The highest BCUT2D eigenvalue weighted by molar-refractivity contribution is 6.44. The van der Waals surface area contributed by atoms with Gasteiger partial charge in [-0.1, -0.05) is 78.5 Å². The molecule has 1 amide bonds. The maximum atomic E-state index is 12.5. The van der Waals surface area contributed by atoms with Crippen molar-refractivity contribution in [2.24, 2.45) is 0 Å². The van der Waals surface area contributed by atoms with Gasteiger partial charge < -0.3 is 28.7 Å². The molecule has 8 rings (SSSR count). The lowest BCUT2D eigenvalue weighted by Gasteiger charge is -2.36. The Morgan fingerprint density at radius 2 is 1.07 bits per heavy atom. The number of benzene rings is 4. The molecule has 4 heterocycles. The zero-order valence-corrected chi connectivity index (χ0v) is 45.5. The third kappa shape index (κ3) is 15.9. The molecule has 14 nitrogen and oxygen atoms in total. The summed E-state index contributed by atoms with van der Waals surface area (Å²) in [5.41, 5.74) is 4.32. The number of unbranched alkanes of at least 4 members (excludes halogenated alkanes) is 2. The topological polar surface area (TPSA) is 126 Å². The lowest BCUT2D eigenvalue weighted by molar-refractivity contribution is -0.147. The smallest absolute Gasteiger partial charge is 0.307 e. The predicted octanol–water partition coefficient (Wildman–Crippen LogP) is 11.1. The van der Waals surface area contributed by atoms with E-state index in [9.17, 15) is 19.2 Å². The van der Waals surface area contributed by atoms with Gasteiger partial charge >= 0.3 is 11.9 Å². The summed E-state index contributed by atoms with van der Waals surface area (Å²) in [6.45, 7) is 14.5. The first-order valence-corrected chi connectivity index (χ1v) is 27.4. The molecule has 74 heavy (non-hydrogen) atoms. The van der Waals surface area contributed by atoms with E-state index in [1.807, 2.05) is 86.6 Å². The molecular weight excluding hydrogens is 1030 g/mol. The van der Waals surface area contributed by atoms with Crippen LogP contribution in [-0.2, 0) is 37.0 Å². The number of aromatic nitrogens is 1. The van der Waals surface area contributed by atoms with Crippen molar-refractivity contribution < 1.29 is 33.3 Å². The van der Waals surface area contributed by atoms with Gasteiger partial charge in [0.2, 0.25) is 5.91 Å². The summed E-state index contributed by atoms with van der Waals surface area (Å²) in [6.07, 6.45) is 7.14. The van der Waals surface area contributed by atoms with Gasteiger partial charge in [-0.2, -0.15) is 0 Å². The highest BCUT2D eigenvalue weighted by Crippen LogP contribution is 2.35. The summed E-state index contributed by atoms with van der Waals surface area (Å²) in [5.74, 6) is 0.786. The average Bonchev–Trinajstić information content (AvgIpc) is 3.40. The number of fused-ring (bicyclic) bond motifs is 2. The van der Waals surface area contributed by atoms with Crippen LogP contribution in [0, 0.1) is 0 Å². The van der Waals surface area contributed by atoms with Crippen LogP contribution in [0.4, 0.5) is 17.1 Å². The van der Waals surface area contributed by atoms with Crippen LogP contribution in [0.1, 0.15) is 77.2 Å². The van der Waals surface area contributed by atoms with Gasteiger partial charge in [-0.15, -0.1) is 0 Å². The van der Waals surface area contributed by atoms with Crippen LogP contribution in [0.15, 0.2) is 89.7 Å². The summed E-state index contributed by atoms with van der Waals surface area (Å²) in [4.78, 5) is 59.5. The number of amides is 1. The molecule has 5 aromatic rings. The van der Waals surface area contributed by atoms with Crippen LogP contribution in [0.2, 0.25) is 20.1 Å². The van der Waals surface area contributed by atoms with Gasteiger partial charge in [0, 0.05) is 89.8 Å². The summed E-state index contributed by atoms with van der Waals surface area (Å²) < 4.78 is 24.0. The van der Waals surface area contributed by atoms with E-state index in [0.717, 1.165) is 131 Å². The van der Waals surface area contributed by atoms with Crippen molar-refractivity contribution in [1.29, 1.82) is 0 Å². The summed E-state index contributed by atoms with van der Waals surface area (Å²) >= 11 is 25.1. The number of nitrogens with zero attached hydrogens (tertiary/aromatic N) is 6. The normalized spacial score (nSPS) is 15.1. The minimum absolute atomic E-state index is 0.0355. The molecule has 2 fully saturated rings. The van der Waals surface area contributed by atoms with Crippen LogP contribution in [0.5, 0.6) is 11.5 Å². The van der Waals surface area contributed by atoms with Crippen molar-refractivity contribution in [3.63, 3.8) is 0 Å². The Bertz CT molecular complexity index is 2730. The zero-order chi connectivity index (χ0) is 52.4. The Balaban J connectivity index is 0.000000216. The van der Waals surface area contributed by atoms with Crippen molar-refractivity contribution in [1.82, 2.24) is 14.4 Å². The maximum Gasteiger partial charge on any atom is 0.307 e. The van der Waals surface area contributed by atoms with Gasteiger partial charge in [-0.25, -0.2) is 0 Å². The minimum Gasteiger partial charge on any atom is -0.494 e. The molecule has 0 saturated carbocycles. The molecule has 2 saturated heterocycles. The molecule has 3 aliphatic rings. The van der Waals surface area contributed by atoms with Crippen molar-refractivity contribution in [2.45, 2.75) is 84.8 Å². The van der Waals surface area contributed by atoms with E-state index >= 15 is 0 Å². The number of ether oxygens (including phenoxy) is 4. The number of pyridine rings is 1. The third-order valence-corrected chi connectivity index (χ3v) is 15.0. The number of rotatable bonds is 22. The average molecular weight is 1100 g/mol. The first-order valence-electron chi connectivity index (χ1n) is 25.9. The number of aryl methyl sites for hydroxylation is 1. The van der Waals surface area contributed by atoms with E-state index in [2.05, 4.69) is 19.6 Å². The number of hydrogen-bond donors (Lipinski definition) is 0. The van der Waals surface area contributed by atoms with E-state index < -0.39 is 0 Å². The van der Waals surface area contributed by atoms with Crippen molar-refractivity contribution in [3.05, 3.63) is 121 Å². The highest BCUT2D eigenvalue weighted by Gasteiger charge is 2.26. The third-order valence-electron chi connectivity index (χ3n) is 13.4. The number of carbonyl (C=O) groups is 3. The van der Waals surface area contributed by atoms with Crippen LogP contribution >= 0.6 is 46.4 Å². The highest BCUT2D eigenvalue weighted by atomic mass is 35.5. The molecule has 0 radical (unpaired) electrons. The number of anilines is 3. The number of esters is 2.